The summed E-state index contributed by atoms with van der Waals surface area (Å²) in [5.74, 6) is 0. The van der Waals surface area contributed by atoms with Crippen molar-refractivity contribution in [3.63, 3.8) is 0 Å². The van der Waals surface area contributed by atoms with Gasteiger partial charge in [-0.1, -0.05) is 0 Å². The molecule has 0 bridgehead atoms. The summed E-state index contributed by atoms with van der Waals surface area (Å²) in [6, 6.07) is 0. The Hall–Kier alpha value is -0.321. The summed E-state index contributed by atoms with van der Waals surface area (Å²) in [5, 5.41) is 6.25. The summed E-state index contributed by atoms with van der Waals surface area (Å²) in [5.41, 5.74) is 0.0642. The van der Waals surface area contributed by atoms with Crippen LogP contribution in [0, 0.1) is 11.8 Å². The van der Waals surface area contributed by atoms with E-state index in [9.17, 15) is 0 Å². The molecule has 0 amide bonds. The van der Waals surface area contributed by atoms with Crippen molar-refractivity contribution < 1.29 is 17.1 Å². The maximum Gasteiger partial charge on any atom is 2.00 e. The molecule has 0 aliphatic carbocycles. The van der Waals surface area contributed by atoms with Crippen molar-refractivity contribution in [2.45, 2.75) is 33.2 Å². The van der Waals surface area contributed by atoms with E-state index in [-0.39, 0.29) is 22.6 Å². The normalized spacial score (nSPS) is 9.40. The van der Waals surface area contributed by atoms with Gasteiger partial charge >= 0.3 is 17.1 Å². The van der Waals surface area contributed by atoms with Crippen molar-refractivity contribution in [3.8, 4) is 0 Å². The van der Waals surface area contributed by atoms with E-state index in [1.165, 1.54) is 0 Å². The minimum absolute atomic E-state index is 0. The molecule has 0 unspecified atom stereocenters. The molecule has 0 aromatic heterocycles. The third-order valence-electron chi connectivity index (χ3n) is 0.447. The fourth-order valence-electron chi connectivity index (χ4n) is 0.335. The van der Waals surface area contributed by atoms with E-state index in [0.29, 0.717) is 0 Å². The maximum absolute atomic E-state index is 6.25. The van der Waals surface area contributed by atoms with Gasteiger partial charge in [0.15, 0.2) is 0 Å². The third-order valence-corrected chi connectivity index (χ3v) is 0.447. The van der Waals surface area contributed by atoms with Crippen LogP contribution < -0.4 is 0 Å². The summed E-state index contributed by atoms with van der Waals surface area (Å²) in [6.07, 6.45) is 2.73. The van der Waals surface area contributed by atoms with Crippen molar-refractivity contribution in [1.29, 1.82) is 5.26 Å². The zero-order valence-electron chi connectivity index (χ0n) is 6.70. The van der Waals surface area contributed by atoms with Gasteiger partial charge in [-0.3, -0.25) is 0 Å². The van der Waals surface area contributed by atoms with Crippen molar-refractivity contribution in [2.75, 3.05) is 0 Å². The molecule has 3 heteroatoms. The maximum atomic E-state index is 6.25. The van der Waals surface area contributed by atoms with Crippen LogP contribution in [-0.2, 0) is 17.1 Å². The van der Waals surface area contributed by atoms with Crippen LogP contribution in [0.25, 0.3) is 0 Å². The van der Waals surface area contributed by atoms with Crippen LogP contribution in [0.15, 0.2) is 4.99 Å². The molecule has 0 fully saturated rings. The van der Waals surface area contributed by atoms with E-state index in [1.807, 2.05) is 27.7 Å². The molecular formula is C7H12CuN2. The van der Waals surface area contributed by atoms with Crippen LogP contribution in [-0.4, -0.2) is 11.8 Å². The van der Waals surface area contributed by atoms with Gasteiger partial charge in [-0.15, -0.1) is 0 Å². The monoisotopic (exact) mass is 187 g/mol. The van der Waals surface area contributed by atoms with Gasteiger partial charge in [0.05, 0.1) is 0 Å². The molecule has 0 atom stereocenters. The quantitative estimate of drug-likeness (QED) is 0.324. The standard InChI is InChI=1S/C6H12N.CN.Cu/c1-5-7-6(2,3)4;1-2;/h1-4H3;;/q2*-1;+2. The number of hydrogen-bond donors (Lipinski definition) is 0. The summed E-state index contributed by atoms with van der Waals surface area (Å²) < 4.78 is 0. The number of hydrogen-bond acceptors (Lipinski definition) is 2. The van der Waals surface area contributed by atoms with Gasteiger partial charge in [0, 0.05) is 5.54 Å². The first-order valence-electron chi connectivity index (χ1n) is 2.67. The van der Waals surface area contributed by atoms with Crippen LogP contribution in [0.1, 0.15) is 27.7 Å². The summed E-state index contributed by atoms with van der Waals surface area (Å²) in [6.45, 7) is 12.7. The number of rotatable bonds is 0. The van der Waals surface area contributed by atoms with E-state index in [4.69, 9.17) is 11.8 Å². The topological polar surface area (TPSA) is 36.1 Å². The van der Waals surface area contributed by atoms with Crippen LogP contribution in [0.3, 0.4) is 0 Å². The van der Waals surface area contributed by atoms with Gasteiger partial charge in [-0.05, 0) is 20.8 Å². The molecule has 61 valence electrons. The van der Waals surface area contributed by atoms with Gasteiger partial charge in [0.1, 0.15) is 0 Å². The molecule has 0 heterocycles. The Balaban J connectivity index is -0.000000149. The Bertz CT molecular complexity index is 99.9. The van der Waals surface area contributed by atoms with Gasteiger partial charge in [0.2, 0.25) is 0 Å². The van der Waals surface area contributed by atoms with Crippen molar-refractivity contribution in [2.24, 2.45) is 4.99 Å². The SMILES string of the molecule is C[C-]=NC(C)(C)C.[C-]#N.[Cu+2]. The Morgan fingerprint density at radius 1 is 1.30 bits per heavy atom. The zero-order valence-corrected chi connectivity index (χ0v) is 7.64. The largest absolute Gasteiger partial charge is 2.00 e. The molecule has 0 aliphatic rings. The van der Waals surface area contributed by atoms with Gasteiger partial charge in [-0.2, -0.15) is 6.92 Å². The van der Waals surface area contributed by atoms with Crippen molar-refractivity contribution in [1.82, 2.24) is 0 Å². The van der Waals surface area contributed by atoms with Crippen molar-refractivity contribution >= 4 is 6.21 Å². The first kappa shape index (κ1) is 16.3. The first-order chi connectivity index (χ1) is 4.06. The average Bonchev–Trinajstić information content (AvgIpc) is 1.69. The van der Waals surface area contributed by atoms with E-state index >= 15 is 0 Å². The smallest absolute Gasteiger partial charge is 0.512 e. The molecule has 0 spiro atoms. The van der Waals surface area contributed by atoms with E-state index < -0.39 is 0 Å². The van der Waals surface area contributed by atoms with Crippen molar-refractivity contribution in [3.05, 3.63) is 6.57 Å². The molecule has 0 aromatic carbocycles. The second-order valence-corrected chi connectivity index (χ2v) is 2.51. The van der Waals surface area contributed by atoms with Crippen LogP contribution >= 0.6 is 0 Å². The predicted molar refractivity (Wildman–Crippen MR) is 37.8 cm³/mol. The Kier molecular flexibility index (Phi) is 14.2. The summed E-state index contributed by atoms with van der Waals surface area (Å²) >= 11 is 0. The second-order valence-electron chi connectivity index (χ2n) is 2.51. The van der Waals surface area contributed by atoms with E-state index in [1.54, 1.807) is 0 Å². The van der Waals surface area contributed by atoms with Gasteiger partial charge < -0.3 is 23.0 Å². The fraction of sp³-hybridized carbons (Fsp3) is 0.714. The summed E-state index contributed by atoms with van der Waals surface area (Å²) in [4.78, 5) is 4.01. The average molecular weight is 188 g/mol. The van der Waals surface area contributed by atoms with Crippen LogP contribution in [0.4, 0.5) is 0 Å². The molecule has 0 saturated carbocycles. The molecular weight excluding hydrogens is 176 g/mol. The molecule has 1 radical (unpaired) electrons. The van der Waals surface area contributed by atoms with Gasteiger partial charge in [0.25, 0.3) is 0 Å². The molecule has 0 aliphatic heterocycles. The number of nitrogens with zero attached hydrogens (tertiary/aromatic N) is 2. The van der Waals surface area contributed by atoms with Crippen LogP contribution in [0.2, 0.25) is 0 Å². The third kappa shape index (κ3) is 25.3. The molecule has 10 heavy (non-hydrogen) atoms. The first-order valence-corrected chi connectivity index (χ1v) is 2.67. The molecule has 0 saturated heterocycles. The minimum Gasteiger partial charge on any atom is -0.512 e. The van der Waals surface area contributed by atoms with Gasteiger partial charge in [-0.25, -0.2) is 0 Å². The van der Waals surface area contributed by atoms with Crippen LogP contribution in [0.5, 0.6) is 0 Å². The molecule has 0 N–H and O–H groups in total. The van der Waals surface area contributed by atoms with E-state index in [2.05, 4.69) is 11.2 Å². The molecule has 0 aromatic rings. The summed E-state index contributed by atoms with van der Waals surface area (Å²) in [7, 11) is 0. The fourth-order valence-corrected chi connectivity index (χ4v) is 0.335. The van der Waals surface area contributed by atoms with E-state index in [0.717, 1.165) is 0 Å². The Morgan fingerprint density at radius 2 is 1.60 bits per heavy atom. The number of aliphatic imine (C=N–C) groups is 1. The Morgan fingerprint density at radius 3 is 1.60 bits per heavy atom. The molecule has 0 rings (SSSR count). The second kappa shape index (κ2) is 8.68. The zero-order chi connectivity index (χ0) is 7.91. The minimum atomic E-state index is 0. The Labute approximate surface area is 73.8 Å². The predicted octanol–water partition coefficient (Wildman–Crippen LogP) is 1.85. The molecule has 2 nitrogen and oxygen atoms in total.